The molecule has 7 heteroatoms. The van der Waals surface area contributed by atoms with Crippen molar-refractivity contribution in [3.05, 3.63) is 47.7 Å². The molecule has 2 saturated heterocycles. The lowest BCUT2D eigenvalue weighted by atomic mass is 9.94. The first-order valence-corrected chi connectivity index (χ1v) is 12.5. The Kier molecular flexibility index (Phi) is 6.40. The number of hydrogen-bond acceptors (Lipinski definition) is 5. The quantitative estimate of drug-likeness (QED) is 0.590. The molecule has 7 nitrogen and oxygen atoms in total. The molecule has 2 fully saturated rings. The summed E-state index contributed by atoms with van der Waals surface area (Å²) < 4.78 is 7.67. The molecule has 2 unspecified atom stereocenters. The molecule has 0 saturated carbocycles. The summed E-state index contributed by atoms with van der Waals surface area (Å²) in [5, 5.41) is 5.44. The third-order valence-electron chi connectivity index (χ3n) is 7.18. The Labute approximate surface area is 201 Å². The van der Waals surface area contributed by atoms with Crippen LogP contribution in [0.2, 0.25) is 0 Å². The summed E-state index contributed by atoms with van der Waals surface area (Å²) in [7, 11) is 1.89. The molecule has 0 spiro atoms. The van der Waals surface area contributed by atoms with Gasteiger partial charge in [0.2, 0.25) is 0 Å². The highest BCUT2D eigenvalue weighted by molar-refractivity contribution is 6.07. The van der Waals surface area contributed by atoms with Gasteiger partial charge in [-0.25, -0.2) is 4.98 Å². The van der Waals surface area contributed by atoms with Crippen LogP contribution >= 0.6 is 0 Å². The van der Waals surface area contributed by atoms with Gasteiger partial charge in [-0.2, -0.15) is 5.10 Å². The number of hydrogen-bond donors (Lipinski definition) is 0. The Balaban J connectivity index is 1.35. The summed E-state index contributed by atoms with van der Waals surface area (Å²) in [6.45, 7) is 11.0. The predicted molar refractivity (Wildman–Crippen MR) is 134 cm³/mol. The van der Waals surface area contributed by atoms with Gasteiger partial charge in [0, 0.05) is 45.3 Å². The lowest BCUT2D eigenvalue weighted by Gasteiger charge is -2.39. The number of aryl methyl sites for hydroxylation is 2. The number of amides is 1. The van der Waals surface area contributed by atoms with Crippen LogP contribution in [0.25, 0.3) is 22.3 Å². The summed E-state index contributed by atoms with van der Waals surface area (Å²) >= 11 is 0. The van der Waals surface area contributed by atoms with E-state index in [4.69, 9.17) is 9.72 Å². The largest absolute Gasteiger partial charge is 0.373 e. The second kappa shape index (κ2) is 9.47. The van der Waals surface area contributed by atoms with E-state index in [-0.39, 0.29) is 5.91 Å². The van der Waals surface area contributed by atoms with E-state index < -0.39 is 0 Å². The van der Waals surface area contributed by atoms with E-state index in [0.717, 1.165) is 73.6 Å². The lowest BCUT2D eigenvalue weighted by Crippen LogP contribution is -2.48. The van der Waals surface area contributed by atoms with Gasteiger partial charge in [-0.1, -0.05) is 30.3 Å². The molecular formula is C27H35N5O2. The fraction of sp³-hybridized carbons (Fsp3) is 0.519. The van der Waals surface area contributed by atoms with E-state index in [2.05, 4.69) is 23.8 Å². The number of fused-ring (bicyclic) bond motifs is 1. The zero-order chi connectivity index (χ0) is 23.8. The molecule has 0 aliphatic carbocycles. The third-order valence-corrected chi connectivity index (χ3v) is 7.18. The predicted octanol–water partition coefficient (Wildman–Crippen LogP) is 3.91. The fourth-order valence-corrected chi connectivity index (χ4v) is 5.66. The second-order valence-corrected chi connectivity index (χ2v) is 10.0. The minimum Gasteiger partial charge on any atom is -0.373 e. The number of rotatable bonds is 4. The number of benzene rings is 1. The first kappa shape index (κ1) is 23.0. The number of aromatic nitrogens is 3. The van der Waals surface area contributed by atoms with Crippen LogP contribution in [0.1, 0.15) is 42.7 Å². The molecule has 2 atom stereocenters. The first-order valence-electron chi connectivity index (χ1n) is 12.5. The Hall–Kier alpha value is -2.77. The van der Waals surface area contributed by atoms with Crippen LogP contribution in [0.3, 0.4) is 0 Å². The molecule has 34 heavy (non-hydrogen) atoms. The van der Waals surface area contributed by atoms with Crippen molar-refractivity contribution in [1.29, 1.82) is 0 Å². The van der Waals surface area contributed by atoms with E-state index in [1.54, 1.807) is 4.68 Å². The molecule has 0 bridgehead atoms. The van der Waals surface area contributed by atoms with Crippen LogP contribution in [0.15, 0.2) is 36.4 Å². The van der Waals surface area contributed by atoms with Gasteiger partial charge in [-0.05, 0) is 45.6 Å². The SMILES string of the molecule is Cc1nn(C)c2nc(-c3ccccc3)cc(C(=O)N3CCC(CN4CC(C)OC(C)C4)CC3)c12. The maximum Gasteiger partial charge on any atom is 0.254 e. The van der Waals surface area contributed by atoms with Gasteiger partial charge < -0.3 is 9.64 Å². The molecule has 0 N–H and O–H groups in total. The molecule has 2 aliphatic heterocycles. The number of carbonyl (C=O) groups excluding carboxylic acids is 1. The van der Waals surface area contributed by atoms with Crippen molar-refractivity contribution < 1.29 is 9.53 Å². The Morgan fingerprint density at radius 1 is 1.09 bits per heavy atom. The number of pyridine rings is 1. The normalized spacial score (nSPS) is 22.4. The first-order chi connectivity index (χ1) is 16.4. The van der Waals surface area contributed by atoms with Crippen molar-refractivity contribution in [2.75, 3.05) is 32.7 Å². The van der Waals surface area contributed by atoms with Crippen molar-refractivity contribution in [1.82, 2.24) is 24.6 Å². The maximum absolute atomic E-state index is 13.8. The van der Waals surface area contributed by atoms with Crippen LogP contribution in [0, 0.1) is 12.8 Å². The summed E-state index contributed by atoms with van der Waals surface area (Å²) in [4.78, 5) is 23.2. The summed E-state index contributed by atoms with van der Waals surface area (Å²) in [5.74, 6) is 0.715. The molecule has 2 aliphatic rings. The molecule has 1 aromatic carbocycles. The molecule has 0 radical (unpaired) electrons. The van der Waals surface area contributed by atoms with Crippen LogP contribution in [0.4, 0.5) is 0 Å². The fourth-order valence-electron chi connectivity index (χ4n) is 5.66. The van der Waals surface area contributed by atoms with Gasteiger partial charge in [0.1, 0.15) is 0 Å². The molecule has 2 aromatic heterocycles. The number of ether oxygens (including phenoxy) is 1. The minimum atomic E-state index is 0.0905. The van der Waals surface area contributed by atoms with Crippen LogP contribution in [-0.4, -0.2) is 75.4 Å². The van der Waals surface area contributed by atoms with Crippen molar-refractivity contribution in [2.45, 2.75) is 45.8 Å². The van der Waals surface area contributed by atoms with E-state index in [1.165, 1.54) is 0 Å². The average Bonchev–Trinajstić information content (AvgIpc) is 3.12. The number of likely N-dealkylation sites (tertiary alicyclic amines) is 1. The van der Waals surface area contributed by atoms with Gasteiger partial charge in [0.05, 0.1) is 34.5 Å². The topological polar surface area (TPSA) is 63.5 Å². The number of carbonyl (C=O) groups is 1. The lowest BCUT2D eigenvalue weighted by molar-refractivity contribution is -0.0728. The maximum atomic E-state index is 13.8. The van der Waals surface area contributed by atoms with E-state index >= 15 is 0 Å². The molecule has 180 valence electrons. The van der Waals surface area contributed by atoms with Crippen LogP contribution < -0.4 is 0 Å². The highest BCUT2D eigenvalue weighted by Crippen LogP contribution is 2.29. The summed E-state index contributed by atoms with van der Waals surface area (Å²) in [6.07, 6.45) is 2.66. The van der Waals surface area contributed by atoms with Crippen molar-refractivity contribution >= 4 is 16.9 Å². The Bertz CT molecular complexity index is 1160. The third kappa shape index (κ3) is 4.59. The van der Waals surface area contributed by atoms with Crippen molar-refractivity contribution in [3.63, 3.8) is 0 Å². The van der Waals surface area contributed by atoms with Gasteiger partial charge in [0.15, 0.2) is 5.65 Å². The van der Waals surface area contributed by atoms with Gasteiger partial charge in [-0.15, -0.1) is 0 Å². The summed E-state index contributed by atoms with van der Waals surface area (Å²) in [6, 6.07) is 12.0. The van der Waals surface area contributed by atoms with Gasteiger partial charge >= 0.3 is 0 Å². The molecular weight excluding hydrogens is 426 g/mol. The molecule has 3 aromatic rings. The average molecular weight is 462 g/mol. The van der Waals surface area contributed by atoms with E-state index in [1.807, 2.05) is 55.3 Å². The Morgan fingerprint density at radius 2 is 1.76 bits per heavy atom. The van der Waals surface area contributed by atoms with E-state index in [0.29, 0.717) is 23.7 Å². The minimum absolute atomic E-state index is 0.0905. The van der Waals surface area contributed by atoms with Crippen molar-refractivity contribution in [2.24, 2.45) is 13.0 Å². The van der Waals surface area contributed by atoms with Gasteiger partial charge in [-0.3, -0.25) is 14.4 Å². The molecule has 4 heterocycles. The number of piperidine rings is 1. The van der Waals surface area contributed by atoms with Crippen molar-refractivity contribution in [3.8, 4) is 11.3 Å². The zero-order valence-electron chi connectivity index (χ0n) is 20.7. The molecule has 1 amide bonds. The molecule has 5 rings (SSSR count). The van der Waals surface area contributed by atoms with Crippen LogP contribution in [-0.2, 0) is 11.8 Å². The van der Waals surface area contributed by atoms with Gasteiger partial charge in [0.25, 0.3) is 5.91 Å². The second-order valence-electron chi connectivity index (χ2n) is 10.0. The standard InChI is InChI=1S/C27H35N5O2/c1-18-15-31(16-19(2)34-18)17-21-10-12-32(13-11-21)27(33)23-14-24(22-8-6-5-7-9-22)28-26-25(23)20(3)29-30(26)4/h5-9,14,18-19,21H,10-13,15-17H2,1-4H3. The van der Waals surface area contributed by atoms with Crippen LogP contribution in [0.5, 0.6) is 0 Å². The zero-order valence-corrected chi connectivity index (χ0v) is 20.7. The summed E-state index contributed by atoms with van der Waals surface area (Å²) in [5.41, 5.74) is 4.13. The smallest absolute Gasteiger partial charge is 0.254 e. The van der Waals surface area contributed by atoms with E-state index in [9.17, 15) is 4.79 Å². The highest BCUT2D eigenvalue weighted by Gasteiger charge is 2.30. The Morgan fingerprint density at radius 3 is 2.44 bits per heavy atom. The number of nitrogens with zero attached hydrogens (tertiary/aromatic N) is 5. The number of morpholine rings is 1. The monoisotopic (exact) mass is 461 g/mol. The highest BCUT2D eigenvalue weighted by atomic mass is 16.5.